The van der Waals surface area contributed by atoms with Gasteiger partial charge in [0.2, 0.25) is 12.7 Å². The molecule has 0 atom stereocenters. The molecule has 1 aliphatic heterocycles. The van der Waals surface area contributed by atoms with Crippen LogP contribution in [-0.2, 0) is 11.2 Å². The molecule has 2 aliphatic rings. The number of aliphatic hydroxyl groups is 1. The Kier molecular flexibility index (Phi) is 3.53. The molecule has 0 radical (unpaired) electrons. The zero-order valence-corrected chi connectivity index (χ0v) is 11.4. The fourth-order valence-electron chi connectivity index (χ4n) is 2.47. The molecular weight excluding hydrogens is 258 g/mol. The molecule has 1 saturated carbocycles. The summed E-state index contributed by atoms with van der Waals surface area (Å²) in [7, 11) is 0. The number of carbonyl (C=O) groups is 1. The van der Waals surface area contributed by atoms with E-state index in [1.54, 1.807) is 0 Å². The molecule has 0 spiro atoms. The molecule has 5 heteroatoms. The van der Waals surface area contributed by atoms with E-state index in [-0.39, 0.29) is 12.7 Å². The van der Waals surface area contributed by atoms with Crippen LogP contribution in [0.1, 0.15) is 31.2 Å². The first-order valence-corrected chi connectivity index (χ1v) is 7.02. The maximum Gasteiger partial charge on any atom is 0.231 e. The van der Waals surface area contributed by atoms with Crippen molar-refractivity contribution in [3.8, 4) is 11.5 Å². The molecule has 1 fully saturated rings. The lowest BCUT2D eigenvalue weighted by Crippen LogP contribution is -2.47. The molecule has 0 saturated heterocycles. The molecule has 108 valence electrons. The standard InChI is InChI=1S/C15H19NO4/c17-14(16-9-15(18)6-1-7-15)5-3-11-2-4-12-13(8-11)20-10-19-12/h2,4,8,18H,1,3,5-7,9-10H2,(H,16,17). The Bertz CT molecular complexity index is 511. The molecular formula is C15H19NO4. The van der Waals surface area contributed by atoms with Gasteiger partial charge in [-0.2, -0.15) is 0 Å². The Labute approximate surface area is 117 Å². The van der Waals surface area contributed by atoms with E-state index in [1.807, 2.05) is 18.2 Å². The van der Waals surface area contributed by atoms with Crippen LogP contribution in [0.3, 0.4) is 0 Å². The third kappa shape index (κ3) is 2.88. The lowest BCUT2D eigenvalue weighted by molar-refractivity contribution is -0.123. The molecule has 5 nitrogen and oxygen atoms in total. The van der Waals surface area contributed by atoms with E-state index < -0.39 is 5.60 Å². The number of ether oxygens (including phenoxy) is 2. The smallest absolute Gasteiger partial charge is 0.231 e. The SMILES string of the molecule is O=C(CCc1ccc2c(c1)OCO2)NCC1(O)CCC1. The molecule has 1 aromatic carbocycles. The fourth-order valence-corrected chi connectivity index (χ4v) is 2.47. The Balaban J connectivity index is 1.45. The van der Waals surface area contributed by atoms with E-state index in [2.05, 4.69) is 5.32 Å². The first-order chi connectivity index (χ1) is 9.65. The van der Waals surface area contributed by atoms with E-state index in [4.69, 9.17) is 9.47 Å². The molecule has 1 heterocycles. The summed E-state index contributed by atoms with van der Waals surface area (Å²) in [5, 5.41) is 12.7. The number of hydrogen-bond donors (Lipinski definition) is 2. The van der Waals surface area contributed by atoms with Crippen molar-refractivity contribution in [3.05, 3.63) is 23.8 Å². The maximum absolute atomic E-state index is 11.8. The number of hydrogen-bond acceptors (Lipinski definition) is 4. The van der Waals surface area contributed by atoms with Crippen molar-refractivity contribution in [2.45, 2.75) is 37.7 Å². The number of fused-ring (bicyclic) bond motifs is 1. The van der Waals surface area contributed by atoms with Gasteiger partial charge >= 0.3 is 0 Å². The second-order valence-electron chi connectivity index (χ2n) is 5.54. The summed E-state index contributed by atoms with van der Waals surface area (Å²) in [6.07, 6.45) is 3.69. The summed E-state index contributed by atoms with van der Waals surface area (Å²) in [4.78, 5) is 11.8. The van der Waals surface area contributed by atoms with Crippen molar-refractivity contribution in [3.63, 3.8) is 0 Å². The average Bonchev–Trinajstić information content (AvgIpc) is 2.88. The quantitative estimate of drug-likeness (QED) is 0.853. The Morgan fingerprint density at radius 3 is 2.85 bits per heavy atom. The number of amides is 1. The van der Waals surface area contributed by atoms with Gasteiger partial charge in [-0.3, -0.25) is 4.79 Å². The Morgan fingerprint density at radius 2 is 2.10 bits per heavy atom. The van der Waals surface area contributed by atoms with Gasteiger partial charge in [-0.05, 0) is 43.4 Å². The van der Waals surface area contributed by atoms with Crippen LogP contribution in [0.5, 0.6) is 11.5 Å². The molecule has 3 rings (SSSR count). The number of nitrogens with one attached hydrogen (secondary N) is 1. The highest BCUT2D eigenvalue weighted by Gasteiger charge is 2.34. The van der Waals surface area contributed by atoms with Gasteiger partial charge in [-0.25, -0.2) is 0 Å². The van der Waals surface area contributed by atoms with Gasteiger partial charge in [0.05, 0.1) is 5.60 Å². The normalized spacial score (nSPS) is 18.4. The minimum atomic E-state index is -0.658. The van der Waals surface area contributed by atoms with E-state index in [0.717, 1.165) is 36.3 Å². The maximum atomic E-state index is 11.8. The van der Waals surface area contributed by atoms with Crippen LogP contribution in [-0.4, -0.2) is 30.0 Å². The largest absolute Gasteiger partial charge is 0.454 e. The second-order valence-corrected chi connectivity index (χ2v) is 5.54. The minimum Gasteiger partial charge on any atom is -0.454 e. The highest BCUT2D eigenvalue weighted by molar-refractivity contribution is 5.76. The number of carbonyl (C=O) groups excluding carboxylic acids is 1. The molecule has 20 heavy (non-hydrogen) atoms. The van der Waals surface area contributed by atoms with Gasteiger partial charge in [0.15, 0.2) is 11.5 Å². The van der Waals surface area contributed by atoms with E-state index in [0.29, 0.717) is 19.4 Å². The van der Waals surface area contributed by atoms with Crippen LogP contribution in [0.2, 0.25) is 0 Å². The van der Waals surface area contributed by atoms with E-state index in [1.165, 1.54) is 0 Å². The zero-order valence-electron chi connectivity index (χ0n) is 11.4. The van der Waals surface area contributed by atoms with Crippen molar-refractivity contribution < 1.29 is 19.4 Å². The van der Waals surface area contributed by atoms with E-state index >= 15 is 0 Å². The van der Waals surface area contributed by atoms with Crippen LogP contribution >= 0.6 is 0 Å². The summed E-state index contributed by atoms with van der Waals surface area (Å²) in [6, 6.07) is 5.72. The lowest BCUT2D eigenvalue weighted by Gasteiger charge is -2.36. The highest BCUT2D eigenvalue weighted by Crippen LogP contribution is 2.33. The predicted octanol–water partition coefficient (Wildman–Crippen LogP) is 1.38. The summed E-state index contributed by atoms with van der Waals surface area (Å²) in [5.41, 5.74) is 0.390. The number of rotatable bonds is 5. The van der Waals surface area contributed by atoms with Gasteiger partial charge in [0.1, 0.15) is 0 Å². The number of aryl methyl sites for hydroxylation is 1. The van der Waals surface area contributed by atoms with Crippen molar-refractivity contribution in [1.82, 2.24) is 5.32 Å². The van der Waals surface area contributed by atoms with Crippen LogP contribution in [0, 0.1) is 0 Å². The van der Waals surface area contributed by atoms with Crippen LogP contribution < -0.4 is 14.8 Å². The molecule has 0 bridgehead atoms. The van der Waals surface area contributed by atoms with Gasteiger partial charge < -0.3 is 19.9 Å². The Morgan fingerprint density at radius 1 is 1.30 bits per heavy atom. The van der Waals surface area contributed by atoms with Crippen molar-refractivity contribution in [2.24, 2.45) is 0 Å². The van der Waals surface area contributed by atoms with Crippen LogP contribution in [0.15, 0.2) is 18.2 Å². The van der Waals surface area contributed by atoms with Crippen LogP contribution in [0.25, 0.3) is 0 Å². The highest BCUT2D eigenvalue weighted by atomic mass is 16.7. The predicted molar refractivity (Wildman–Crippen MR) is 72.7 cm³/mol. The summed E-state index contributed by atoms with van der Waals surface area (Å²) in [6.45, 7) is 0.630. The van der Waals surface area contributed by atoms with Gasteiger partial charge in [0.25, 0.3) is 0 Å². The zero-order chi connectivity index (χ0) is 14.0. The van der Waals surface area contributed by atoms with E-state index in [9.17, 15) is 9.90 Å². The first kappa shape index (κ1) is 13.2. The van der Waals surface area contributed by atoms with Crippen molar-refractivity contribution in [1.29, 1.82) is 0 Å². The average molecular weight is 277 g/mol. The molecule has 0 unspecified atom stereocenters. The minimum absolute atomic E-state index is 0.0250. The fraction of sp³-hybridized carbons (Fsp3) is 0.533. The monoisotopic (exact) mass is 277 g/mol. The molecule has 0 aromatic heterocycles. The second kappa shape index (κ2) is 5.32. The summed E-state index contributed by atoms with van der Waals surface area (Å²) in [5.74, 6) is 1.47. The lowest BCUT2D eigenvalue weighted by atomic mass is 9.80. The number of benzene rings is 1. The van der Waals surface area contributed by atoms with Crippen LogP contribution in [0.4, 0.5) is 0 Å². The summed E-state index contributed by atoms with van der Waals surface area (Å²) < 4.78 is 10.5. The Hall–Kier alpha value is -1.75. The van der Waals surface area contributed by atoms with Crippen molar-refractivity contribution >= 4 is 5.91 Å². The summed E-state index contributed by atoms with van der Waals surface area (Å²) >= 11 is 0. The van der Waals surface area contributed by atoms with Gasteiger partial charge in [0, 0.05) is 13.0 Å². The van der Waals surface area contributed by atoms with Gasteiger partial charge in [-0.15, -0.1) is 0 Å². The molecule has 1 amide bonds. The van der Waals surface area contributed by atoms with Crippen molar-refractivity contribution in [2.75, 3.05) is 13.3 Å². The first-order valence-electron chi connectivity index (χ1n) is 7.02. The van der Waals surface area contributed by atoms with Gasteiger partial charge in [-0.1, -0.05) is 6.07 Å². The topological polar surface area (TPSA) is 67.8 Å². The molecule has 1 aliphatic carbocycles. The third-order valence-corrected chi connectivity index (χ3v) is 3.98. The third-order valence-electron chi connectivity index (χ3n) is 3.98. The molecule has 2 N–H and O–H groups in total. The molecule has 1 aromatic rings.